The highest BCUT2D eigenvalue weighted by Crippen LogP contribution is 2.29. The second-order valence-electron chi connectivity index (χ2n) is 3.96. The molecule has 0 atom stereocenters. The van der Waals surface area contributed by atoms with Gasteiger partial charge in [0.05, 0.1) is 0 Å². The molecule has 0 N–H and O–H groups in total. The van der Waals surface area contributed by atoms with Gasteiger partial charge in [-0.25, -0.2) is 0 Å². The van der Waals surface area contributed by atoms with Gasteiger partial charge in [0, 0.05) is 39.3 Å². The molecule has 1 aliphatic rings. The first kappa shape index (κ1) is 11.1. The summed E-state index contributed by atoms with van der Waals surface area (Å²) >= 11 is 0. The summed E-state index contributed by atoms with van der Waals surface area (Å²) in [6, 6.07) is 0. The third kappa shape index (κ3) is 2.74. The second kappa shape index (κ2) is 4.47. The van der Waals surface area contributed by atoms with Crippen molar-refractivity contribution in [1.29, 1.82) is 0 Å². The minimum Gasteiger partial charge on any atom is -0.458 e. The van der Waals surface area contributed by atoms with E-state index in [0.29, 0.717) is 6.42 Å². The van der Waals surface area contributed by atoms with Gasteiger partial charge in [-0.3, -0.25) is 4.79 Å². The van der Waals surface area contributed by atoms with Crippen LogP contribution >= 0.6 is 0 Å². The fourth-order valence-electron chi connectivity index (χ4n) is 1.83. The molecule has 14 heavy (non-hydrogen) atoms. The van der Waals surface area contributed by atoms with E-state index in [0.717, 1.165) is 25.9 Å². The minimum atomic E-state index is -0.396. The van der Waals surface area contributed by atoms with Gasteiger partial charge in [-0.15, -0.1) is 12.3 Å². The van der Waals surface area contributed by atoms with Crippen molar-refractivity contribution in [1.82, 2.24) is 4.90 Å². The summed E-state index contributed by atoms with van der Waals surface area (Å²) < 4.78 is 5.36. The number of carbonyl (C=O) groups is 1. The molecule has 78 valence electrons. The number of ether oxygens (including phenoxy) is 1. The first-order valence-electron chi connectivity index (χ1n) is 4.89. The highest BCUT2D eigenvalue weighted by Gasteiger charge is 2.35. The topological polar surface area (TPSA) is 29.5 Å². The monoisotopic (exact) mass is 195 g/mol. The lowest BCUT2D eigenvalue weighted by Crippen LogP contribution is -2.45. The molecule has 0 bridgehead atoms. The largest absolute Gasteiger partial charge is 0.458 e. The van der Waals surface area contributed by atoms with Crippen LogP contribution in [-0.2, 0) is 9.53 Å². The van der Waals surface area contributed by atoms with Crippen molar-refractivity contribution in [3.63, 3.8) is 0 Å². The third-order valence-electron chi connectivity index (χ3n) is 2.68. The fourth-order valence-corrected chi connectivity index (χ4v) is 1.83. The Bertz CT molecular complexity index is 247. The van der Waals surface area contributed by atoms with Gasteiger partial charge in [-0.05, 0) is 7.05 Å². The van der Waals surface area contributed by atoms with Crippen molar-refractivity contribution in [2.45, 2.75) is 31.8 Å². The number of carbonyl (C=O) groups excluding carboxylic acids is 1. The van der Waals surface area contributed by atoms with Gasteiger partial charge in [-0.1, -0.05) is 0 Å². The lowest BCUT2D eigenvalue weighted by atomic mass is 9.88. The first-order chi connectivity index (χ1) is 6.58. The van der Waals surface area contributed by atoms with Crippen LogP contribution in [0, 0.1) is 12.3 Å². The van der Waals surface area contributed by atoms with Crippen LogP contribution in [0.5, 0.6) is 0 Å². The molecule has 1 heterocycles. The zero-order chi connectivity index (χ0) is 10.6. The highest BCUT2D eigenvalue weighted by molar-refractivity contribution is 5.66. The van der Waals surface area contributed by atoms with Crippen molar-refractivity contribution in [2.24, 2.45) is 0 Å². The van der Waals surface area contributed by atoms with E-state index >= 15 is 0 Å². The quantitative estimate of drug-likeness (QED) is 0.487. The molecule has 0 saturated carbocycles. The van der Waals surface area contributed by atoms with E-state index in [1.807, 2.05) is 0 Å². The minimum absolute atomic E-state index is 0.232. The number of likely N-dealkylation sites (tertiary alicyclic amines) is 1. The van der Waals surface area contributed by atoms with Crippen LogP contribution in [0.4, 0.5) is 0 Å². The van der Waals surface area contributed by atoms with Gasteiger partial charge in [-0.2, -0.15) is 0 Å². The van der Waals surface area contributed by atoms with Crippen LogP contribution in [0.25, 0.3) is 0 Å². The molecule has 1 aliphatic heterocycles. The summed E-state index contributed by atoms with van der Waals surface area (Å²) in [5, 5.41) is 0. The van der Waals surface area contributed by atoms with E-state index in [-0.39, 0.29) is 5.97 Å². The van der Waals surface area contributed by atoms with Crippen molar-refractivity contribution in [3.05, 3.63) is 0 Å². The zero-order valence-electron chi connectivity index (χ0n) is 8.88. The summed E-state index contributed by atoms with van der Waals surface area (Å²) in [4.78, 5) is 13.2. The molecule has 0 unspecified atom stereocenters. The summed E-state index contributed by atoms with van der Waals surface area (Å²) in [7, 11) is 2.06. The predicted octanol–water partition coefficient (Wildman–Crippen LogP) is 1.04. The number of rotatable bonds is 2. The molecular weight excluding hydrogens is 178 g/mol. The van der Waals surface area contributed by atoms with Gasteiger partial charge >= 0.3 is 5.97 Å². The lowest BCUT2D eigenvalue weighted by Gasteiger charge is -2.38. The Labute approximate surface area is 85.4 Å². The maximum Gasteiger partial charge on any atom is 0.303 e. The van der Waals surface area contributed by atoms with Crippen LogP contribution in [0.3, 0.4) is 0 Å². The van der Waals surface area contributed by atoms with Crippen LogP contribution in [0.2, 0.25) is 0 Å². The summed E-state index contributed by atoms with van der Waals surface area (Å²) in [5.74, 6) is 2.37. The Kier molecular flexibility index (Phi) is 3.54. The Balaban J connectivity index is 2.63. The average molecular weight is 195 g/mol. The third-order valence-corrected chi connectivity index (χ3v) is 2.68. The van der Waals surface area contributed by atoms with Crippen molar-refractivity contribution >= 4 is 5.97 Å². The number of terminal acetylenes is 1. The predicted molar refractivity (Wildman–Crippen MR) is 54.7 cm³/mol. The molecule has 3 heteroatoms. The van der Waals surface area contributed by atoms with Crippen LogP contribution in [0.15, 0.2) is 0 Å². The fraction of sp³-hybridized carbons (Fsp3) is 0.727. The Morgan fingerprint density at radius 3 is 2.57 bits per heavy atom. The van der Waals surface area contributed by atoms with Crippen molar-refractivity contribution in [3.8, 4) is 12.3 Å². The highest BCUT2D eigenvalue weighted by atomic mass is 16.6. The standard InChI is InChI=1S/C11H17NO2/c1-4-5-11(14-10(2)13)6-8-12(3)9-7-11/h1H,5-9H2,2-3H3. The van der Waals surface area contributed by atoms with Gasteiger partial charge in [0.15, 0.2) is 0 Å². The number of hydrogen-bond donors (Lipinski definition) is 0. The average Bonchev–Trinajstić information content (AvgIpc) is 2.10. The smallest absolute Gasteiger partial charge is 0.303 e. The van der Waals surface area contributed by atoms with Crippen LogP contribution < -0.4 is 0 Å². The summed E-state index contributed by atoms with van der Waals surface area (Å²) in [6.07, 6.45) is 7.51. The van der Waals surface area contributed by atoms with Crippen LogP contribution in [-0.4, -0.2) is 36.6 Å². The number of hydrogen-bond acceptors (Lipinski definition) is 3. The molecule has 0 spiro atoms. The lowest BCUT2D eigenvalue weighted by molar-refractivity contribution is -0.161. The molecule has 0 aliphatic carbocycles. The molecule has 0 aromatic rings. The Morgan fingerprint density at radius 2 is 2.14 bits per heavy atom. The SMILES string of the molecule is C#CCC1(OC(C)=O)CCN(C)CC1. The van der Waals surface area contributed by atoms with E-state index in [1.165, 1.54) is 6.92 Å². The maximum absolute atomic E-state index is 11.0. The van der Waals surface area contributed by atoms with Gasteiger partial charge < -0.3 is 9.64 Å². The molecule has 0 amide bonds. The summed E-state index contributed by atoms with van der Waals surface area (Å²) in [5.41, 5.74) is -0.396. The molecule has 3 nitrogen and oxygen atoms in total. The normalized spacial score (nSPS) is 21.2. The van der Waals surface area contributed by atoms with Gasteiger partial charge in [0.1, 0.15) is 5.60 Å². The van der Waals surface area contributed by atoms with Crippen LogP contribution in [0.1, 0.15) is 26.2 Å². The molecule has 1 saturated heterocycles. The number of esters is 1. The Hall–Kier alpha value is -1.01. The maximum atomic E-state index is 11.0. The molecule has 1 fully saturated rings. The Morgan fingerprint density at radius 1 is 1.57 bits per heavy atom. The van der Waals surface area contributed by atoms with Crippen molar-refractivity contribution in [2.75, 3.05) is 20.1 Å². The van der Waals surface area contributed by atoms with E-state index in [1.54, 1.807) is 0 Å². The first-order valence-corrected chi connectivity index (χ1v) is 4.89. The number of nitrogens with zero attached hydrogens (tertiary/aromatic N) is 1. The van der Waals surface area contributed by atoms with E-state index in [2.05, 4.69) is 17.9 Å². The molecule has 0 aromatic heterocycles. The number of piperidine rings is 1. The van der Waals surface area contributed by atoms with Crippen molar-refractivity contribution < 1.29 is 9.53 Å². The molecular formula is C11H17NO2. The van der Waals surface area contributed by atoms with E-state index < -0.39 is 5.60 Å². The second-order valence-corrected chi connectivity index (χ2v) is 3.96. The van der Waals surface area contributed by atoms with E-state index in [4.69, 9.17) is 11.2 Å². The zero-order valence-corrected chi connectivity index (χ0v) is 8.88. The molecule has 1 rings (SSSR count). The van der Waals surface area contributed by atoms with Gasteiger partial charge in [0.25, 0.3) is 0 Å². The van der Waals surface area contributed by atoms with Gasteiger partial charge in [0.2, 0.25) is 0 Å². The van der Waals surface area contributed by atoms with E-state index in [9.17, 15) is 4.79 Å². The molecule has 0 aromatic carbocycles. The summed E-state index contributed by atoms with van der Waals surface area (Å²) in [6.45, 7) is 3.32. The molecule has 0 radical (unpaired) electrons.